The number of aliphatic hydroxyl groups is 1. The molecular weight excluding hydrogens is 502 g/mol. The molecule has 0 aliphatic rings. The molecule has 0 saturated carbocycles. The van der Waals surface area contributed by atoms with Gasteiger partial charge in [0.15, 0.2) is 0 Å². The summed E-state index contributed by atoms with van der Waals surface area (Å²) in [5, 5.41) is 15.7. The maximum atomic E-state index is 11.4. The van der Waals surface area contributed by atoms with Crippen molar-refractivity contribution in [1.29, 1.82) is 0 Å². The fourth-order valence-electron chi connectivity index (χ4n) is 4.41. The molecule has 0 aliphatic carbocycles. The van der Waals surface area contributed by atoms with E-state index in [0.29, 0.717) is 11.5 Å². The smallest absolute Gasteiger partial charge is 0.125 e. The van der Waals surface area contributed by atoms with Crippen molar-refractivity contribution in [3.63, 3.8) is 0 Å². The Labute approximate surface area is 238 Å². The van der Waals surface area contributed by atoms with Gasteiger partial charge in [-0.05, 0) is 87.4 Å². The quantitative estimate of drug-likeness (QED) is 0.266. The number of ether oxygens (including phenoxy) is 2. The van der Waals surface area contributed by atoms with Crippen LogP contribution in [-0.2, 0) is 7.05 Å². The van der Waals surface area contributed by atoms with Crippen LogP contribution in [0.2, 0.25) is 0 Å². The first kappa shape index (κ1) is 29.3. The first-order valence-electron chi connectivity index (χ1n) is 13.6. The zero-order chi connectivity index (χ0) is 29.7. The predicted molar refractivity (Wildman–Crippen MR) is 161 cm³/mol. The highest BCUT2D eigenvalue weighted by Crippen LogP contribution is 2.43. The molecule has 0 unspecified atom stereocenters. The molecule has 4 rings (SSSR count). The second-order valence-corrected chi connectivity index (χ2v) is 13.4. The summed E-state index contributed by atoms with van der Waals surface area (Å²) in [6, 6.07) is 11.9. The van der Waals surface area contributed by atoms with Gasteiger partial charge in [0, 0.05) is 48.4 Å². The van der Waals surface area contributed by atoms with Gasteiger partial charge in [-0.25, -0.2) is 4.98 Å². The maximum absolute atomic E-state index is 11.4. The van der Waals surface area contributed by atoms with Crippen LogP contribution in [0.3, 0.4) is 0 Å². The van der Waals surface area contributed by atoms with Crippen molar-refractivity contribution in [3.8, 4) is 22.8 Å². The van der Waals surface area contributed by atoms with Gasteiger partial charge in [-0.15, -0.1) is 0 Å². The Hall–Kier alpha value is -3.65. The zero-order valence-electron chi connectivity index (χ0n) is 25.7. The normalized spacial score (nSPS) is 13.0. The van der Waals surface area contributed by atoms with E-state index >= 15 is 0 Å². The summed E-state index contributed by atoms with van der Waals surface area (Å²) in [6.07, 6.45) is 5.46. The molecule has 214 valence electrons. The molecule has 0 aliphatic heterocycles. The molecule has 2 heterocycles. The second kappa shape index (κ2) is 10.1. The Morgan fingerprint density at radius 1 is 0.750 bits per heavy atom. The average Bonchev–Trinajstić information content (AvgIpc) is 3.21. The minimum absolute atomic E-state index is 0.407. The van der Waals surface area contributed by atoms with Gasteiger partial charge in [-0.3, -0.25) is 9.67 Å². The molecule has 4 aromatic rings. The van der Waals surface area contributed by atoms with Crippen LogP contribution in [0.1, 0.15) is 69.2 Å². The Bertz CT molecular complexity index is 1470. The van der Waals surface area contributed by atoms with Crippen molar-refractivity contribution in [3.05, 3.63) is 55.0 Å². The molecule has 2 aromatic heterocycles. The number of rotatable bonds is 7. The predicted octanol–water partition coefficient (Wildman–Crippen LogP) is 7.07. The lowest BCUT2D eigenvalue weighted by molar-refractivity contribution is 0.0145. The standard InChI is InChI=1S/C32H43N5O3/c1-29(2,3)39-24-14-23(15-25(17-24)40-30(4,5)6)37(31(7,8)32(9,10)38)22-12-13-26-27(16-22)35-28(19-33-26)21-18-34-36(11)20-21/h12-20,38H,1-11H3. The number of fused-ring (bicyclic) bond motifs is 1. The number of benzene rings is 2. The fourth-order valence-corrected chi connectivity index (χ4v) is 4.41. The van der Waals surface area contributed by atoms with E-state index in [1.807, 2.05) is 119 Å². The summed E-state index contributed by atoms with van der Waals surface area (Å²) in [5.74, 6) is 1.36. The van der Waals surface area contributed by atoms with E-state index in [4.69, 9.17) is 14.5 Å². The van der Waals surface area contributed by atoms with Gasteiger partial charge in [0.1, 0.15) is 22.7 Å². The third-order valence-corrected chi connectivity index (χ3v) is 6.81. The van der Waals surface area contributed by atoms with Crippen molar-refractivity contribution < 1.29 is 14.6 Å². The Morgan fingerprint density at radius 2 is 1.35 bits per heavy atom. The van der Waals surface area contributed by atoms with Gasteiger partial charge < -0.3 is 19.5 Å². The molecule has 0 spiro atoms. The topological polar surface area (TPSA) is 85.5 Å². The van der Waals surface area contributed by atoms with Gasteiger partial charge in [-0.2, -0.15) is 5.10 Å². The van der Waals surface area contributed by atoms with Crippen molar-refractivity contribution in [1.82, 2.24) is 19.7 Å². The van der Waals surface area contributed by atoms with Gasteiger partial charge in [-0.1, -0.05) is 0 Å². The Kier molecular flexibility index (Phi) is 7.39. The minimum Gasteiger partial charge on any atom is -0.488 e. The highest BCUT2D eigenvalue weighted by molar-refractivity contribution is 5.83. The zero-order valence-corrected chi connectivity index (χ0v) is 25.7. The molecule has 0 radical (unpaired) electrons. The number of hydrogen-bond donors (Lipinski definition) is 1. The van der Waals surface area contributed by atoms with E-state index in [2.05, 4.69) is 15.0 Å². The van der Waals surface area contributed by atoms with Gasteiger partial charge >= 0.3 is 0 Å². The molecule has 40 heavy (non-hydrogen) atoms. The van der Waals surface area contributed by atoms with Crippen LogP contribution >= 0.6 is 0 Å². The first-order chi connectivity index (χ1) is 18.3. The lowest BCUT2D eigenvalue weighted by Gasteiger charge is -2.48. The summed E-state index contributed by atoms with van der Waals surface area (Å²) in [7, 11) is 1.88. The average molecular weight is 546 g/mol. The van der Waals surface area contributed by atoms with Crippen molar-refractivity contribution in [2.75, 3.05) is 4.90 Å². The third-order valence-electron chi connectivity index (χ3n) is 6.81. The Morgan fingerprint density at radius 3 is 1.85 bits per heavy atom. The summed E-state index contributed by atoms with van der Waals surface area (Å²) in [5.41, 5.74) is 2.18. The van der Waals surface area contributed by atoms with E-state index in [0.717, 1.165) is 33.7 Å². The summed E-state index contributed by atoms with van der Waals surface area (Å²) >= 11 is 0. The van der Waals surface area contributed by atoms with Crippen LogP contribution in [0, 0.1) is 0 Å². The van der Waals surface area contributed by atoms with Gasteiger partial charge in [0.25, 0.3) is 0 Å². The van der Waals surface area contributed by atoms with E-state index in [1.54, 1.807) is 17.1 Å². The minimum atomic E-state index is -1.09. The number of anilines is 2. The Balaban J connectivity index is 1.93. The highest BCUT2D eigenvalue weighted by Gasteiger charge is 2.42. The molecule has 0 bridgehead atoms. The molecule has 8 heteroatoms. The molecule has 8 nitrogen and oxygen atoms in total. The third kappa shape index (κ3) is 6.55. The van der Waals surface area contributed by atoms with E-state index < -0.39 is 22.3 Å². The van der Waals surface area contributed by atoms with E-state index in [1.165, 1.54) is 0 Å². The van der Waals surface area contributed by atoms with Gasteiger partial charge in [0.05, 0.1) is 40.3 Å². The van der Waals surface area contributed by atoms with Crippen molar-refractivity contribution >= 4 is 22.4 Å². The monoisotopic (exact) mass is 545 g/mol. The van der Waals surface area contributed by atoms with Gasteiger partial charge in [0.2, 0.25) is 0 Å². The van der Waals surface area contributed by atoms with Crippen LogP contribution in [-0.4, -0.2) is 47.2 Å². The fraction of sp³-hybridized carbons (Fsp3) is 0.469. The summed E-state index contributed by atoms with van der Waals surface area (Å²) < 4.78 is 14.4. The largest absolute Gasteiger partial charge is 0.488 e. The highest BCUT2D eigenvalue weighted by atomic mass is 16.5. The lowest BCUT2D eigenvalue weighted by Crippen LogP contribution is -2.56. The molecule has 0 amide bonds. The van der Waals surface area contributed by atoms with Crippen molar-refractivity contribution in [2.24, 2.45) is 7.05 Å². The molecule has 0 fully saturated rings. The number of nitrogens with zero attached hydrogens (tertiary/aromatic N) is 5. The summed E-state index contributed by atoms with van der Waals surface area (Å²) in [4.78, 5) is 11.7. The van der Waals surface area contributed by atoms with E-state index in [9.17, 15) is 5.11 Å². The van der Waals surface area contributed by atoms with Crippen molar-refractivity contribution in [2.45, 2.75) is 91.6 Å². The molecule has 0 saturated heterocycles. The molecule has 1 N–H and O–H groups in total. The van der Waals surface area contributed by atoms with Crippen LogP contribution in [0.4, 0.5) is 11.4 Å². The van der Waals surface area contributed by atoms with E-state index in [-0.39, 0.29) is 0 Å². The lowest BCUT2D eigenvalue weighted by atomic mass is 9.83. The number of hydrogen-bond acceptors (Lipinski definition) is 7. The molecule has 2 aromatic carbocycles. The van der Waals surface area contributed by atoms with Crippen LogP contribution < -0.4 is 14.4 Å². The SMILES string of the molecule is Cn1cc(-c2cnc3ccc(N(c4cc(OC(C)(C)C)cc(OC(C)(C)C)c4)C(C)(C)C(C)(C)O)cc3n2)cn1. The first-order valence-corrected chi connectivity index (χ1v) is 13.6. The second-order valence-electron chi connectivity index (χ2n) is 13.4. The van der Waals surface area contributed by atoms with Crippen LogP contribution in [0.15, 0.2) is 55.0 Å². The molecule has 0 atom stereocenters. The molecular formula is C32H43N5O3. The summed E-state index contributed by atoms with van der Waals surface area (Å²) in [6.45, 7) is 19.8. The number of aromatic nitrogens is 4. The van der Waals surface area contributed by atoms with Crippen LogP contribution in [0.25, 0.3) is 22.3 Å². The van der Waals surface area contributed by atoms with Crippen LogP contribution in [0.5, 0.6) is 11.5 Å². The number of aryl methyl sites for hydroxylation is 1. The maximum Gasteiger partial charge on any atom is 0.125 e.